The lowest BCUT2D eigenvalue weighted by atomic mass is 9.84. The molecule has 1 saturated carbocycles. The van der Waals surface area contributed by atoms with E-state index in [9.17, 15) is 9.90 Å². The van der Waals surface area contributed by atoms with Crippen molar-refractivity contribution in [1.82, 2.24) is 0 Å². The number of amides is 2. The molecule has 0 spiro atoms. The van der Waals surface area contributed by atoms with Gasteiger partial charge in [0.1, 0.15) is 5.75 Å². The Morgan fingerprint density at radius 1 is 0.852 bits per heavy atom. The van der Waals surface area contributed by atoms with E-state index in [4.69, 9.17) is 0 Å². The summed E-state index contributed by atoms with van der Waals surface area (Å²) < 4.78 is 0. The van der Waals surface area contributed by atoms with Gasteiger partial charge in [0.2, 0.25) is 0 Å². The number of benzene rings is 3. The van der Waals surface area contributed by atoms with Crippen LogP contribution < -0.4 is 10.6 Å². The molecule has 0 heterocycles. The van der Waals surface area contributed by atoms with Gasteiger partial charge in [-0.15, -0.1) is 0 Å². The summed E-state index contributed by atoms with van der Waals surface area (Å²) in [6, 6.07) is 18.9. The summed E-state index contributed by atoms with van der Waals surface area (Å²) >= 11 is 0. The summed E-state index contributed by atoms with van der Waals surface area (Å²) in [4.78, 5) is 12.5. The van der Waals surface area contributed by atoms with Gasteiger partial charge in [0.25, 0.3) is 0 Å². The molecule has 0 aromatic heterocycles. The second kappa shape index (κ2) is 7.70. The Kier molecular flexibility index (Phi) is 4.97. The van der Waals surface area contributed by atoms with E-state index in [0.717, 1.165) is 16.5 Å². The van der Waals surface area contributed by atoms with Crippen LogP contribution >= 0.6 is 0 Å². The summed E-state index contributed by atoms with van der Waals surface area (Å²) in [5.74, 6) is 0.601. The van der Waals surface area contributed by atoms with E-state index in [1.807, 2.05) is 54.6 Å². The predicted molar refractivity (Wildman–Crippen MR) is 111 cm³/mol. The zero-order chi connectivity index (χ0) is 18.6. The van der Waals surface area contributed by atoms with E-state index in [1.54, 1.807) is 6.07 Å². The van der Waals surface area contributed by atoms with Gasteiger partial charge in [0.05, 0.1) is 11.4 Å². The van der Waals surface area contributed by atoms with Crippen LogP contribution in [-0.4, -0.2) is 11.1 Å². The third-order valence-electron chi connectivity index (χ3n) is 5.38. The number of rotatable bonds is 3. The molecule has 2 amide bonds. The number of phenols is 1. The number of carbonyl (C=O) groups excluding carboxylic acids is 1. The summed E-state index contributed by atoms with van der Waals surface area (Å²) in [5, 5.41) is 17.9. The van der Waals surface area contributed by atoms with Crippen LogP contribution in [-0.2, 0) is 0 Å². The Balaban J connectivity index is 1.52. The predicted octanol–water partition coefficient (Wildman–Crippen LogP) is 6.24. The third kappa shape index (κ3) is 3.90. The first-order chi connectivity index (χ1) is 13.2. The summed E-state index contributed by atoms with van der Waals surface area (Å²) in [5.41, 5.74) is 2.39. The minimum Gasteiger partial charge on any atom is -0.506 e. The van der Waals surface area contributed by atoms with E-state index in [-0.39, 0.29) is 11.8 Å². The topological polar surface area (TPSA) is 61.4 Å². The van der Waals surface area contributed by atoms with Crippen LogP contribution in [0.15, 0.2) is 60.7 Å². The molecule has 3 N–H and O–H groups in total. The van der Waals surface area contributed by atoms with Crippen molar-refractivity contribution in [1.29, 1.82) is 0 Å². The fourth-order valence-electron chi connectivity index (χ4n) is 3.95. The second-order valence-corrected chi connectivity index (χ2v) is 7.22. The van der Waals surface area contributed by atoms with Gasteiger partial charge in [-0.25, -0.2) is 4.79 Å². The molecule has 1 aliphatic rings. The average Bonchev–Trinajstić information content (AvgIpc) is 2.70. The number of hydrogen-bond acceptors (Lipinski definition) is 2. The second-order valence-electron chi connectivity index (χ2n) is 7.22. The normalized spacial score (nSPS) is 14.8. The van der Waals surface area contributed by atoms with Crippen LogP contribution in [0, 0.1) is 0 Å². The molecule has 0 unspecified atom stereocenters. The smallest absolute Gasteiger partial charge is 0.323 e. The first kappa shape index (κ1) is 17.4. The van der Waals surface area contributed by atoms with Gasteiger partial charge < -0.3 is 15.7 Å². The van der Waals surface area contributed by atoms with Gasteiger partial charge in [-0.05, 0) is 47.9 Å². The number of carbonyl (C=O) groups is 1. The van der Waals surface area contributed by atoms with Gasteiger partial charge >= 0.3 is 6.03 Å². The third-order valence-corrected chi connectivity index (χ3v) is 5.38. The van der Waals surface area contributed by atoms with Crippen LogP contribution in [0.3, 0.4) is 0 Å². The SMILES string of the molecule is O=C(Nc1cc(C2CCCCC2)ccc1O)Nc1cccc2ccccc12. The molecule has 4 rings (SSSR count). The molecular formula is C23H24N2O2. The molecule has 3 aromatic rings. The molecule has 1 aliphatic carbocycles. The molecule has 0 aliphatic heterocycles. The highest BCUT2D eigenvalue weighted by Crippen LogP contribution is 2.36. The van der Waals surface area contributed by atoms with Crippen molar-refractivity contribution >= 4 is 28.2 Å². The van der Waals surface area contributed by atoms with Gasteiger partial charge in [-0.2, -0.15) is 0 Å². The minimum absolute atomic E-state index is 0.0858. The van der Waals surface area contributed by atoms with Crippen LogP contribution in [0.25, 0.3) is 10.8 Å². The van der Waals surface area contributed by atoms with Crippen molar-refractivity contribution in [3.8, 4) is 5.75 Å². The number of anilines is 2. The summed E-state index contributed by atoms with van der Waals surface area (Å²) in [6.07, 6.45) is 6.14. The van der Waals surface area contributed by atoms with Crippen LogP contribution in [0.2, 0.25) is 0 Å². The first-order valence-corrected chi connectivity index (χ1v) is 9.59. The Bertz CT molecular complexity index is 956. The lowest BCUT2D eigenvalue weighted by Crippen LogP contribution is -2.20. The molecule has 4 heteroatoms. The number of nitrogens with one attached hydrogen (secondary N) is 2. The largest absolute Gasteiger partial charge is 0.506 e. The van der Waals surface area contributed by atoms with Gasteiger partial charge in [-0.1, -0.05) is 61.7 Å². The number of urea groups is 1. The zero-order valence-electron chi connectivity index (χ0n) is 15.2. The van der Waals surface area contributed by atoms with E-state index in [2.05, 4.69) is 10.6 Å². The first-order valence-electron chi connectivity index (χ1n) is 9.59. The van der Waals surface area contributed by atoms with Gasteiger partial charge in [0, 0.05) is 5.39 Å². The maximum Gasteiger partial charge on any atom is 0.323 e. The standard InChI is InChI=1S/C23H24N2O2/c26-22-14-13-18(16-7-2-1-3-8-16)15-21(22)25-23(27)24-20-12-6-10-17-9-4-5-11-19(17)20/h4-6,9-16,26H,1-3,7-8H2,(H2,24,25,27). The molecule has 0 bridgehead atoms. The highest BCUT2D eigenvalue weighted by atomic mass is 16.3. The number of fused-ring (bicyclic) bond motifs is 1. The highest BCUT2D eigenvalue weighted by molar-refractivity contribution is 6.06. The summed E-state index contributed by atoms with van der Waals surface area (Å²) in [7, 11) is 0. The van der Waals surface area contributed by atoms with Crippen molar-refractivity contribution in [2.24, 2.45) is 0 Å². The van der Waals surface area contributed by atoms with Crippen molar-refractivity contribution in [3.63, 3.8) is 0 Å². The Labute approximate surface area is 159 Å². The fourth-order valence-corrected chi connectivity index (χ4v) is 3.95. The molecule has 0 radical (unpaired) electrons. The number of phenolic OH excluding ortho intramolecular Hbond substituents is 1. The fraction of sp³-hybridized carbons (Fsp3) is 0.261. The summed E-state index contributed by atoms with van der Waals surface area (Å²) in [6.45, 7) is 0. The Morgan fingerprint density at radius 2 is 1.59 bits per heavy atom. The van der Waals surface area contributed by atoms with Crippen LogP contribution in [0.1, 0.15) is 43.6 Å². The molecule has 0 atom stereocenters. The zero-order valence-corrected chi connectivity index (χ0v) is 15.2. The van der Waals surface area contributed by atoms with Crippen molar-refractivity contribution < 1.29 is 9.90 Å². The molecular weight excluding hydrogens is 336 g/mol. The molecule has 27 heavy (non-hydrogen) atoms. The van der Waals surface area contributed by atoms with E-state index >= 15 is 0 Å². The molecule has 138 valence electrons. The monoisotopic (exact) mass is 360 g/mol. The van der Waals surface area contributed by atoms with Gasteiger partial charge in [0.15, 0.2) is 0 Å². The Morgan fingerprint density at radius 3 is 2.44 bits per heavy atom. The van der Waals surface area contributed by atoms with Crippen molar-refractivity contribution in [3.05, 3.63) is 66.2 Å². The van der Waals surface area contributed by atoms with Crippen molar-refractivity contribution in [2.45, 2.75) is 38.0 Å². The van der Waals surface area contributed by atoms with Crippen LogP contribution in [0.4, 0.5) is 16.2 Å². The minimum atomic E-state index is -0.359. The lowest BCUT2D eigenvalue weighted by Gasteiger charge is -2.22. The average molecular weight is 360 g/mol. The quantitative estimate of drug-likeness (QED) is 0.484. The number of hydrogen-bond donors (Lipinski definition) is 3. The molecule has 1 fully saturated rings. The van der Waals surface area contributed by atoms with E-state index in [1.165, 1.54) is 37.7 Å². The molecule has 3 aromatic carbocycles. The van der Waals surface area contributed by atoms with E-state index < -0.39 is 0 Å². The maximum atomic E-state index is 12.5. The number of aromatic hydroxyl groups is 1. The van der Waals surface area contributed by atoms with Crippen molar-refractivity contribution in [2.75, 3.05) is 10.6 Å². The molecule has 0 saturated heterocycles. The maximum absolute atomic E-state index is 12.5. The molecule has 4 nitrogen and oxygen atoms in total. The van der Waals surface area contributed by atoms with Crippen LogP contribution in [0.5, 0.6) is 5.75 Å². The van der Waals surface area contributed by atoms with Gasteiger partial charge in [-0.3, -0.25) is 0 Å². The van der Waals surface area contributed by atoms with E-state index in [0.29, 0.717) is 11.6 Å². The lowest BCUT2D eigenvalue weighted by molar-refractivity contribution is 0.262. The highest BCUT2D eigenvalue weighted by Gasteiger charge is 2.17. The Hall–Kier alpha value is -3.01.